The first-order chi connectivity index (χ1) is 12.0. The van der Waals surface area contributed by atoms with Gasteiger partial charge < -0.3 is 11.1 Å². The molecule has 0 saturated heterocycles. The fourth-order valence-electron chi connectivity index (χ4n) is 3.34. The van der Waals surface area contributed by atoms with E-state index in [2.05, 4.69) is 15.4 Å². The van der Waals surface area contributed by atoms with Crippen LogP contribution in [0.25, 0.3) is 5.69 Å². The number of nitrogens with zero attached hydrogens (tertiary/aromatic N) is 3. The molecule has 1 aromatic carbocycles. The van der Waals surface area contributed by atoms with Gasteiger partial charge in [-0.05, 0) is 37.4 Å². The third kappa shape index (κ3) is 3.70. The zero-order valence-corrected chi connectivity index (χ0v) is 15.3. The van der Waals surface area contributed by atoms with Crippen LogP contribution in [0.1, 0.15) is 55.5 Å². The summed E-state index contributed by atoms with van der Waals surface area (Å²) >= 11 is 6.30. The summed E-state index contributed by atoms with van der Waals surface area (Å²) in [5.74, 6) is 1.07. The van der Waals surface area contributed by atoms with Gasteiger partial charge in [-0.15, -0.1) is 5.10 Å². The molecule has 7 heteroatoms. The molecule has 2 unspecified atom stereocenters. The normalized spacial score (nSPS) is 20.2. The van der Waals surface area contributed by atoms with Crippen molar-refractivity contribution in [3.05, 3.63) is 40.9 Å². The predicted molar refractivity (Wildman–Crippen MR) is 98.1 cm³/mol. The highest BCUT2D eigenvalue weighted by atomic mass is 35.5. The lowest BCUT2D eigenvalue weighted by molar-refractivity contribution is 0.0918. The summed E-state index contributed by atoms with van der Waals surface area (Å²) in [6.07, 6.45) is 3.10. The van der Waals surface area contributed by atoms with E-state index in [0.717, 1.165) is 24.9 Å². The first-order valence-corrected chi connectivity index (χ1v) is 9.11. The molecule has 3 N–H and O–H groups in total. The molecule has 25 heavy (non-hydrogen) atoms. The van der Waals surface area contributed by atoms with E-state index in [1.165, 1.54) is 0 Å². The Balaban J connectivity index is 1.89. The molecule has 3 rings (SSSR count). The molecule has 0 aliphatic heterocycles. The highest BCUT2D eigenvalue weighted by Gasteiger charge is 2.29. The molecule has 1 fully saturated rings. The van der Waals surface area contributed by atoms with E-state index < -0.39 is 0 Å². The lowest BCUT2D eigenvalue weighted by Gasteiger charge is -2.18. The Kier molecular flexibility index (Phi) is 5.39. The van der Waals surface area contributed by atoms with Gasteiger partial charge >= 0.3 is 0 Å². The van der Waals surface area contributed by atoms with Gasteiger partial charge in [0, 0.05) is 12.0 Å². The molecule has 1 aliphatic carbocycles. The van der Waals surface area contributed by atoms with Crippen molar-refractivity contribution in [1.82, 2.24) is 20.1 Å². The third-order valence-electron chi connectivity index (χ3n) is 4.71. The van der Waals surface area contributed by atoms with Gasteiger partial charge in [-0.3, -0.25) is 4.79 Å². The number of amides is 1. The number of hydrogen-bond donors (Lipinski definition) is 2. The topological polar surface area (TPSA) is 85.8 Å². The van der Waals surface area contributed by atoms with Gasteiger partial charge in [0.05, 0.1) is 10.7 Å². The summed E-state index contributed by atoms with van der Waals surface area (Å²) in [5.41, 5.74) is 6.52. The van der Waals surface area contributed by atoms with Crippen molar-refractivity contribution in [3.8, 4) is 5.69 Å². The van der Waals surface area contributed by atoms with E-state index in [1.54, 1.807) is 10.7 Å². The number of halogens is 1. The van der Waals surface area contributed by atoms with Gasteiger partial charge in [-0.1, -0.05) is 44.0 Å². The molecular formula is C18H24ClN5O. The van der Waals surface area contributed by atoms with Crippen LogP contribution in [-0.2, 0) is 0 Å². The minimum Gasteiger partial charge on any atom is -0.346 e. The van der Waals surface area contributed by atoms with Crippen LogP contribution < -0.4 is 11.1 Å². The second-order valence-electron chi connectivity index (χ2n) is 6.82. The summed E-state index contributed by atoms with van der Waals surface area (Å²) in [7, 11) is 0. The molecule has 1 aliphatic rings. The minimum atomic E-state index is -0.252. The number of benzene rings is 1. The lowest BCUT2D eigenvalue weighted by Crippen LogP contribution is -2.40. The van der Waals surface area contributed by atoms with E-state index in [1.807, 2.05) is 32.0 Å². The average molecular weight is 362 g/mol. The molecule has 0 bridgehead atoms. The van der Waals surface area contributed by atoms with Crippen LogP contribution in [-0.4, -0.2) is 33.3 Å². The fraction of sp³-hybridized carbons (Fsp3) is 0.500. The van der Waals surface area contributed by atoms with Crippen molar-refractivity contribution >= 4 is 17.5 Å². The van der Waals surface area contributed by atoms with Crippen molar-refractivity contribution < 1.29 is 4.79 Å². The Morgan fingerprint density at radius 1 is 1.40 bits per heavy atom. The van der Waals surface area contributed by atoms with E-state index in [9.17, 15) is 4.79 Å². The standard InChI is InChI=1S/C18H24ClN5O/c1-11(2)17-22-16(18(25)21-14-8-5-6-12(14)10-20)23-24(17)15-9-4-3-7-13(15)19/h3-4,7,9,11-12,14H,5-6,8,10,20H2,1-2H3,(H,21,25). The summed E-state index contributed by atoms with van der Waals surface area (Å²) in [6, 6.07) is 7.52. The Morgan fingerprint density at radius 3 is 2.84 bits per heavy atom. The molecule has 1 saturated carbocycles. The van der Waals surface area contributed by atoms with Crippen molar-refractivity contribution in [2.45, 2.75) is 45.1 Å². The van der Waals surface area contributed by atoms with Gasteiger partial charge in [-0.2, -0.15) is 0 Å². The summed E-state index contributed by atoms with van der Waals surface area (Å²) in [6.45, 7) is 4.62. The van der Waals surface area contributed by atoms with E-state index in [4.69, 9.17) is 17.3 Å². The maximum atomic E-state index is 12.6. The van der Waals surface area contributed by atoms with E-state index in [0.29, 0.717) is 23.3 Å². The largest absolute Gasteiger partial charge is 0.346 e. The zero-order chi connectivity index (χ0) is 18.0. The quantitative estimate of drug-likeness (QED) is 0.857. The van der Waals surface area contributed by atoms with Crippen molar-refractivity contribution in [2.24, 2.45) is 11.7 Å². The number of hydrogen-bond acceptors (Lipinski definition) is 4. The summed E-state index contributed by atoms with van der Waals surface area (Å²) in [5, 5.41) is 8.05. The average Bonchev–Trinajstić information content (AvgIpc) is 3.21. The molecule has 1 heterocycles. The Morgan fingerprint density at radius 2 is 2.16 bits per heavy atom. The number of rotatable bonds is 5. The van der Waals surface area contributed by atoms with Gasteiger partial charge in [0.15, 0.2) is 0 Å². The van der Waals surface area contributed by atoms with Crippen molar-refractivity contribution in [2.75, 3.05) is 6.54 Å². The van der Waals surface area contributed by atoms with Crippen LogP contribution >= 0.6 is 11.6 Å². The molecule has 0 spiro atoms. The number of para-hydroxylation sites is 1. The monoisotopic (exact) mass is 361 g/mol. The molecule has 1 amide bonds. The fourth-order valence-corrected chi connectivity index (χ4v) is 3.55. The second-order valence-corrected chi connectivity index (χ2v) is 7.23. The first-order valence-electron chi connectivity index (χ1n) is 8.74. The molecule has 6 nitrogen and oxygen atoms in total. The summed E-state index contributed by atoms with van der Waals surface area (Å²) < 4.78 is 1.66. The Bertz CT molecular complexity index is 758. The van der Waals surface area contributed by atoms with Crippen LogP contribution in [0.15, 0.2) is 24.3 Å². The maximum absolute atomic E-state index is 12.6. The van der Waals surface area contributed by atoms with Gasteiger partial charge in [0.25, 0.3) is 5.91 Å². The zero-order valence-electron chi connectivity index (χ0n) is 14.6. The van der Waals surface area contributed by atoms with E-state index >= 15 is 0 Å². The van der Waals surface area contributed by atoms with Crippen LogP contribution in [0.5, 0.6) is 0 Å². The van der Waals surface area contributed by atoms with Gasteiger partial charge in [0.1, 0.15) is 5.82 Å². The van der Waals surface area contributed by atoms with Gasteiger partial charge in [-0.25, -0.2) is 9.67 Å². The number of aromatic nitrogens is 3. The second kappa shape index (κ2) is 7.54. The molecule has 2 atom stereocenters. The van der Waals surface area contributed by atoms with Crippen molar-refractivity contribution in [3.63, 3.8) is 0 Å². The molecular weight excluding hydrogens is 338 g/mol. The van der Waals surface area contributed by atoms with Gasteiger partial charge in [0.2, 0.25) is 5.82 Å². The number of carbonyl (C=O) groups is 1. The predicted octanol–water partition coefficient (Wildman–Crippen LogP) is 2.90. The summed E-state index contributed by atoms with van der Waals surface area (Å²) in [4.78, 5) is 17.1. The smallest absolute Gasteiger partial charge is 0.291 e. The Hall–Kier alpha value is -1.92. The van der Waals surface area contributed by atoms with Crippen molar-refractivity contribution in [1.29, 1.82) is 0 Å². The number of nitrogens with one attached hydrogen (secondary N) is 1. The third-order valence-corrected chi connectivity index (χ3v) is 5.03. The highest BCUT2D eigenvalue weighted by Crippen LogP contribution is 2.26. The van der Waals surface area contributed by atoms with Crippen LogP contribution in [0.2, 0.25) is 5.02 Å². The number of nitrogens with two attached hydrogens (primary N) is 1. The van der Waals surface area contributed by atoms with Crippen LogP contribution in [0.4, 0.5) is 0 Å². The maximum Gasteiger partial charge on any atom is 0.291 e. The first kappa shape index (κ1) is 17.9. The lowest BCUT2D eigenvalue weighted by atomic mass is 10.0. The van der Waals surface area contributed by atoms with E-state index in [-0.39, 0.29) is 23.7 Å². The van der Waals surface area contributed by atoms with Crippen LogP contribution in [0, 0.1) is 5.92 Å². The SMILES string of the molecule is CC(C)c1nc(C(=O)NC2CCCC2CN)nn1-c1ccccc1Cl. The molecule has 0 radical (unpaired) electrons. The Labute approximate surface area is 152 Å². The highest BCUT2D eigenvalue weighted by molar-refractivity contribution is 6.32. The minimum absolute atomic E-state index is 0.104. The van der Waals surface area contributed by atoms with Crippen LogP contribution in [0.3, 0.4) is 0 Å². The molecule has 1 aromatic heterocycles. The number of carbonyl (C=O) groups excluding carboxylic acids is 1. The molecule has 134 valence electrons. The molecule has 2 aromatic rings.